The molecule has 4 heteroatoms. The lowest BCUT2D eigenvalue weighted by Gasteiger charge is -2.06. The van der Waals surface area contributed by atoms with Gasteiger partial charge in [0.1, 0.15) is 0 Å². The standard InChI is InChI=1S/C22H24N2O2/c1-16-9-11-17(12-10-16)5-4-8-21(25)23-14-13-19-15-18-6-2-3-7-20(18)24-22(19)26/h2-3,6-7,9-12,15H,4-5,8,13-14H2,1H3,(H,23,25)(H,24,26). The van der Waals surface area contributed by atoms with Crippen molar-refractivity contribution in [1.82, 2.24) is 10.3 Å². The van der Waals surface area contributed by atoms with Gasteiger partial charge in [0, 0.05) is 24.0 Å². The van der Waals surface area contributed by atoms with Gasteiger partial charge in [-0.2, -0.15) is 0 Å². The molecule has 26 heavy (non-hydrogen) atoms. The van der Waals surface area contributed by atoms with E-state index in [1.807, 2.05) is 30.3 Å². The number of aromatic amines is 1. The van der Waals surface area contributed by atoms with Gasteiger partial charge in [-0.1, -0.05) is 48.0 Å². The molecule has 134 valence electrons. The molecule has 1 aromatic heterocycles. The highest BCUT2D eigenvalue weighted by atomic mass is 16.1. The molecule has 0 aliphatic heterocycles. The number of carbonyl (C=O) groups excluding carboxylic acids is 1. The molecule has 0 radical (unpaired) electrons. The maximum absolute atomic E-state index is 12.1. The fourth-order valence-electron chi connectivity index (χ4n) is 3.01. The van der Waals surface area contributed by atoms with Gasteiger partial charge in [0.05, 0.1) is 0 Å². The number of hydrogen-bond acceptors (Lipinski definition) is 2. The van der Waals surface area contributed by atoms with Gasteiger partial charge in [-0.05, 0) is 49.3 Å². The molecular weight excluding hydrogens is 324 g/mol. The lowest BCUT2D eigenvalue weighted by molar-refractivity contribution is -0.121. The highest BCUT2D eigenvalue weighted by Crippen LogP contribution is 2.10. The number of hydrogen-bond donors (Lipinski definition) is 2. The van der Waals surface area contributed by atoms with E-state index in [1.54, 1.807) is 0 Å². The van der Waals surface area contributed by atoms with Gasteiger partial charge < -0.3 is 10.3 Å². The summed E-state index contributed by atoms with van der Waals surface area (Å²) in [7, 11) is 0. The van der Waals surface area contributed by atoms with E-state index in [0.29, 0.717) is 24.9 Å². The first-order chi connectivity index (χ1) is 12.6. The van der Waals surface area contributed by atoms with Gasteiger partial charge in [-0.15, -0.1) is 0 Å². The molecule has 4 nitrogen and oxygen atoms in total. The Hall–Kier alpha value is -2.88. The molecule has 1 heterocycles. The number of rotatable bonds is 7. The smallest absolute Gasteiger partial charge is 0.251 e. The third-order valence-electron chi connectivity index (χ3n) is 4.54. The fourth-order valence-corrected chi connectivity index (χ4v) is 3.01. The molecular formula is C22H24N2O2. The van der Waals surface area contributed by atoms with Crippen molar-refractivity contribution in [2.24, 2.45) is 0 Å². The van der Waals surface area contributed by atoms with Crippen LogP contribution in [-0.4, -0.2) is 17.4 Å². The van der Waals surface area contributed by atoms with E-state index < -0.39 is 0 Å². The number of nitrogens with one attached hydrogen (secondary N) is 2. The second kappa shape index (κ2) is 8.48. The number of fused-ring (bicyclic) bond motifs is 1. The molecule has 0 unspecified atom stereocenters. The van der Waals surface area contributed by atoms with Gasteiger partial charge in [0.2, 0.25) is 5.91 Å². The summed E-state index contributed by atoms with van der Waals surface area (Å²) < 4.78 is 0. The average Bonchev–Trinajstić information content (AvgIpc) is 2.64. The van der Waals surface area contributed by atoms with Crippen LogP contribution < -0.4 is 10.9 Å². The van der Waals surface area contributed by atoms with Crippen LogP contribution in [0.2, 0.25) is 0 Å². The maximum Gasteiger partial charge on any atom is 0.251 e. The van der Waals surface area contributed by atoms with Crippen molar-refractivity contribution in [2.45, 2.75) is 32.6 Å². The zero-order valence-corrected chi connectivity index (χ0v) is 15.0. The van der Waals surface area contributed by atoms with E-state index in [9.17, 15) is 9.59 Å². The Morgan fingerprint density at radius 3 is 2.62 bits per heavy atom. The lowest BCUT2D eigenvalue weighted by atomic mass is 10.1. The van der Waals surface area contributed by atoms with Crippen LogP contribution in [0.4, 0.5) is 0 Å². The van der Waals surface area contributed by atoms with Crippen LogP contribution in [0, 0.1) is 6.92 Å². The Labute approximate surface area is 153 Å². The molecule has 3 aromatic rings. The minimum atomic E-state index is -0.0858. The van der Waals surface area contributed by atoms with Crippen molar-refractivity contribution >= 4 is 16.8 Å². The van der Waals surface area contributed by atoms with Crippen LogP contribution in [0.3, 0.4) is 0 Å². The molecule has 0 fully saturated rings. The van der Waals surface area contributed by atoms with Gasteiger partial charge in [0.25, 0.3) is 5.56 Å². The first-order valence-electron chi connectivity index (χ1n) is 9.05. The molecule has 0 aliphatic rings. The number of aryl methyl sites for hydroxylation is 2. The van der Waals surface area contributed by atoms with Gasteiger partial charge in [-0.25, -0.2) is 0 Å². The number of amides is 1. The van der Waals surface area contributed by atoms with Crippen molar-refractivity contribution in [3.05, 3.63) is 81.6 Å². The number of benzene rings is 2. The third-order valence-corrected chi connectivity index (χ3v) is 4.54. The molecule has 0 saturated carbocycles. The molecule has 0 aliphatic carbocycles. The molecule has 3 rings (SSSR count). The molecule has 0 atom stereocenters. The van der Waals surface area contributed by atoms with Gasteiger partial charge >= 0.3 is 0 Å². The van der Waals surface area contributed by atoms with Crippen molar-refractivity contribution in [1.29, 1.82) is 0 Å². The Balaban J connectivity index is 1.44. The summed E-state index contributed by atoms with van der Waals surface area (Å²) in [6.45, 7) is 2.54. The fraction of sp³-hybridized carbons (Fsp3) is 0.273. The summed E-state index contributed by atoms with van der Waals surface area (Å²) in [6.07, 6.45) is 2.76. The molecule has 2 N–H and O–H groups in total. The predicted octanol–water partition coefficient (Wildman–Crippen LogP) is 3.52. The number of aromatic nitrogens is 1. The number of para-hydroxylation sites is 1. The molecule has 0 spiro atoms. The Morgan fingerprint density at radius 1 is 1.04 bits per heavy atom. The Bertz CT molecular complexity index is 942. The average molecular weight is 348 g/mol. The largest absolute Gasteiger partial charge is 0.356 e. The van der Waals surface area contributed by atoms with Crippen LogP contribution >= 0.6 is 0 Å². The summed E-state index contributed by atoms with van der Waals surface area (Å²) in [5.41, 5.74) is 3.95. The third kappa shape index (κ3) is 4.82. The summed E-state index contributed by atoms with van der Waals surface area (Å²) >= 11 is 0. The predicted molar refractivity (Wildman–Crippen MR) is 105 cm³/mol. The van der Waals surface area contributed by atoms with E-state index in [-0.39, 0.29) is 11.5 Å². The van der Waals surface area contributed by atoms with Crippen molar-refractivity contribution in [3.63, 3.8) is 0 Å². The second-order valence-corrected chi connectivity index (χ2v) is 6.65. The summed E-state index contributed by atoms with van der Waals surface area (Å²) in [5, 5.41) is 3.92. The monoisotopic (exact) mass is 348 g/mol. The zero-order chi connectivity index (χ0) is 18.4. The summed E-state index contributed by atoms with van der Waals surface area (Å²) in [5.74, 6) is 0.0364. The maximum atomic E-state index is 12.1. The van der Waals surface area contributed by atoms with Crippen LogP contribution in [-0.2, 0) is 17.6 Å². The minimum Gasteiger partial charge on any atom is -0.356 e. The van der Waals surface area contributed by atoms with E-state index in [0.717, 1.165) is 23.7 Å². The van der Waals surface area contributed by atoms with Crippen molar-refractivity contribution in [3.8, 4) is 0 Å². The normalized spacial score (nSPS) is 10.8. The highest BCUT2D eigenvalue weighted by molar-refractivity contribution is 5.78. The number of H-pyrrole nitrogens is 1. The Kier molecular flexibility index (Phi) is 5.84. The van der Waals surface area contributed by atoms with E-state index in [4.69, 9.17) is 0 Å². The summed E-state index contributed by atoms with van der Waals surface area (Å²) in [4.78, 5) is 27.0. The number of carbonyl (C=O) groups is 1. The Morgan fingerprint density at radius 2 is 1.81 bits per heavy atom. The number of pyridine rings is 1. The van der Waals surface area contributed by atoms with Crippen molar-refractivity contribution in [2.75, 3.05) is 6.54 Å². The highest BCUT2D eigenvalue weighted by Gasteiger charge is 2.05. The van der Waals surface area contributed by atoms with E-state index in [2.05, 4.69) is 41.5 Å². The van der Waals surface area contributed by atoms with Crippen LogP contribution in [0.15, 0.2) is 59.4 Å². The van der Waals surface area contributed by atoms with Crippen LogP contribution in [0.25, 0.3) is 10.9 Å². The molecule has 0 bridgehead atoms. The van der Waals surface area contributed by atoms with E-state index in [1.165, 1.54) is 11.1 Å². The second-order valence-electron chi connectivity index (χ2n) is 6.65. The zero-order valence-electron chi connectivity index (χ0n) is 15.0. The first kappa shape index (κ1) is 17.9. The van der Waals surface area contributed by atoms with Gasteiger partial charge in [0.15, 0.2) is 0 Å². The topological polar surface area (TPSA) is 62.0 Å². The van der Waals surface area contributed by atoms with Crippen molar-refractivity contribution < 1.29 is 4.79 Å². The summed E-state index contributed by atoms with van der Waals surface area (Å²) in [6, 6.07) is 18.0. The van der Waals surface area contributed by atoms with Crippen LogP contribution in [0.5, 0.6) is 0 Å². The molecule has 1 amide bonds. The quantitative estimate of drug-likeness (QED) is 0.686. The molecule has 0 saturated heterocycles. The lowest BCUT2D eigenvalue weighted by Crippen LogP contribution is -2.27. The molecule has 2 aromatic carbocycles. The first-order valence-corrected chi connectivity index (χ1v) is 9.05. The minimum absolute atomic E-state index is 0.0364. The van der Waals surface area contributed by atoms with Crippen LogP contribution in [0.1, 0.15) is 29.5 Å². The van der Waals surface area contributed by atoms with Gasteiger partial charge in [-0.3, -0.25) is 9.59 Å². The SMILES string of the molecule is Cc1ccc(CCCC(=O)NCCc2cc3ccccc3[nH]c2=O)cc1. The van der Waals surface area contributed by atoms with E-state index >= 15 is 0 Å².